The van der Waals surface area contributed by atoms with Crippen LogP contribution in [0.4, 0.5) is 10.8 Å². The summed E-state index contributed by atoms with van der Waals surface area (Å²) in [4.78, 5) is 15.1. The molecule has 152 valence electrons. The zero-order chi connectivity index (χ0) is 20.4. The molecule has 0 spiro atoms. The molecule has 2 aromatic heterocycles. The van der Waals surface area contributed by atoms with Crippen molar-refractivity contribution in [2.45, 2.75) is 19.8 Å². The number of piperidine rings is 1. The maximum Gasteiger partial charge on any atom is 0.229 e. The number of methoxy groups -OCH3 is 1. The van der Waals surface area contributed by atoms with E-state index in [2.05, 4.69) is 20.4 Å². The Kier molecular flexibility index (Phi) is 5.73. The number of nitrogens with zero attached hydrogens (tertiary/aromatic N) is 4. The van der Waals surface area contributed by atoms with Crippen LogP contribution in [0.2, 0.25) is 5.02 Å². The summed E-state index contributed by atoms with van der Waals surface area (Å²) in [6, 6.07) is 7.47. The summed E-state index contributed by atoms with van der Waals surface area (Å²) in [5.74, 6) is 0.398. The molecule has 0 saturated carbocycles. The summed E-state index contributed by atoms with van der Waals surface area (Å²) in [6.45, 7) is 3.38. The van der Waals surface area contributed by atoms with Gasteiger partial charge in [-0.2, -0.15) is 0 Å². The molecule has 1 N–H and O–H groups in total. The van der Waals surface area contributed by atoms with Gasteiger partial charge in [0.15, 0.2) is 0 Å². The van der Waals surface area contributed by atoms with E-state index in [1.807, 2.05) is 42.1 Å². The van der Waals surface area contributed by atoms with E-state index in [0.717, 1.165) is 35.2 Å². The number of nitrogens with one attached hydrogen (secondary N) is 1. The van der Waals surface area contributed by atoms with Crippen LogP contribution in [0.25, 0.3) is 5.13 Å². The molecule has 1 amide bonds. The molecule has 9 heteroatoms. The van der Waals surface area contributed by atoms with Crippen LogP contribution in [-0.2, 0) is 4.79 Å². The van der Waals surface area contributed by atoms with Crippen LogP contribution in [0.1, 0.15) is 18.4 Å². The predicted octanol–water partition coefficient (Wildman–Crippen LogP) is 4.15. The first-order valence-corrected chi connectivity index (χ1v) is 10.6. The number of amides is 1. The Bertz CT molecular complexity index is 1000. The molecule has 4 rings (SSSR count). The zero-order valence-electron chi connectivity index (χ0n) is 16.3. The Morgan fingerprint density at radius 1 is 1.28 bits per heavy atom. The highest BCUT2D eigenvalue weighted by Gasteiger charge is 2.28. The fourth-order valence-electron chi connectivity index (χ4n) is 3.43. The van der Waals surface area contributed by atoms with Crippen molar-refractivity contribution in [3.63, 3.8) is 0 Å². The Balaban J connectivity index is 1.46. The van der Waals surface area contributed by atoms with Gasteiger partial charge in [-0.15, -0.1) is 10.2 Å². The van der Waals surface area contributed by atoms with E-state index in [0.29, 0.717) is 23.0 Å². The average Bonchev–Trinajstić information content (AvgIpc) is 3.42. The molecule has 1 aromatic carbocycles. The molecule has 0 radical (unpaired) electrons. The third-order valence-electron chi connectivity index (χ3n) is 5.03. The van der Waals surface area contributed by atoms with Crippen molar-refractivity contribution < 1.29 is 9.53 Å². The number of aryl methyl sites for hydroxylation is 1. The molecule has 1 aliphatic heterocycles. The van der Waals surface area contributed by atoms with Gasteiger partial charge in [0.2, 0.25) is 16.2 Å². The summed E-state index contributed by atoms with van der Waals surface area (Å²) in [5.41, 5.74) is 1.53. The number of hydrogen-bond acceptors (Lipinski definition) is 6. The first kappa shape index (κ1) is 19.7. The topological polar surface area (TPSA) is 72.3 Å². The summed E-state index contributed by atoms with van der Waals surface area (Å²) in [5, 5.41) is 13.9. The van der Waals surface area contributed by atoms with Crippen molar-refractivity contribution in [1.82, 2.24) is 14.8 Å². The Hall–Kier alpha value is -2.58. The monoisotopic (exact) mass is 431 g/mol. The molecule has 0 aliphatic carbocycles. The first-order chi connectivity index (χ1) is 14.0. The number of halogens is 1. The highest BCUT2D eigenvalue weighted by atomic mass is 35.5. The van der Waals surface area contributed by atoms with Gasteiger partial charge in [-0.3, -0.25) is 9.36 Å². The zero-order valence-corrected chi connectivity index (χ0v) is 17.8. The molecule has 0 bridgehead atoms. The van der Waals surface area contributed by atoms with E-state index in [1.165, 1.54) is 11.3 Å². The largest absolute Gasteiger partial charge is 0.495 e. The molecular weight excluding hydrogens is 410 g/mol. The molecule has 3 heterocycles. The number of aromatic nitrogens is 3. The summed E-state index contributed by atoms with van der Waals surface area (Å²) in [7, 11) is 1.57. The van der Waals surface area contributed by atoms with Crippen molar-refractivity contribution >= 4 is 39.7 Å². The number of rotatable bonds is 5. The molecule has 0 unspecified atom stereocenters. The van der Waals surface area contributed by atoms with Crippen molar-refractivity contribution in [1.29, 1.82) is 0 Å². The number of anilines is 2. The fraction of sp³-hybridized carbons (Fsp3) is 0.350. The van der Waals surface area contributed by atoms with E-state index in [4.69, 9.17) is 16.3 Å². The minimum Gasteiger partial charge on any atom is -0.495 e. The van der Waals surface area contributed by atoms with Crippen molar-refractivity contribution in [3.8, 4) is 10.9 Å². The van der Waals surface area contributed by atoms with Gasteiger partial charge in [0.25, 0.3) is 0 Å². The minimum atomic E-state index is -0.136. The second-order valence-corrected chi connectivity index (χ2v) is 8.38. The maximum absolute atomic E-state index is 12.9. The van der Waals surface area contributed by atoms with Crippen LogP contribution in [0, 0.1) is 12.8 Å². The lowest BCUT2D eigenvalue weighted by molar-refractivity contribution is -0.120. The van der Waals surface area contributed by atoms with Gasteiger partial charge in [-0.1, -0.05) is 22.9 Å². The SMILES string of the molecule is COc1cc(Cl)c(C)cc1NC(=O)[C@@H]1CCCN(c2nnc(-n3cccc3)s2)C1. The lowest BCUT2D eigenvalue weighted by Gasteiger charge is -2.31. The quantitative estimate of drug-likeness (QED) is 0.656. The van der Waals surface area contributed by atoms with Gasteiger partial charge in [0.1, 0.15) is 5.75 Å². The van der Waals surface area contributed by atoms with E-state index < -0.39 is 0 Å². The predicted molar refractivity (Wildman–Crippen MR) is 116 cm³/mol. The van der Waals surface area contributed by atoms with Crippen LogP contribution in [-0.4, -0.2) is 40.9 Å². The Morgan fingerprint density at radius 2 is 2.03 bits per heavy atom. The van der Waals surface area contributed by atoms with Crippen LogP contribution in [0.15, 0.2) is 36.7 Å². The highest BCUT2D eigenvalue weighted by molar-refractivity contribution is 7.17. The molecule has 1 saturated heterocycles. The number of hydrogen-bond donors (Lipinski definition) is 1. The first-order valence-electron chi connectivity index (χ1n) is 9.42. The van der Waals surface area contributed by atoms with Crippen LogP contribution < -0.4 is 15.0 Å². The van der Waals surface area contributed by atoms with Crippen LogP contribution in [0.5, 0.6) is 5.75 Å². The summed E-state index contributed by atoms with van der Waals surface area (Å²) >= 11 is 7.69. The normalized spacial score (nSPS) is 16.7. The van der Waals surface area contributed by atoms with E-state index in [1.54, 1.807) is 13.2 Å². The molecular formula is C20H22ClN5O2S. The summed E-state index contributed by atoms with van der Waals surface area (Å²) in [6.07, 6.45) is 5.64. The van der Waals surface area contributed by atoms with Crippen molar-refractivity contribution in [3.05, 3.63) is 47.2 Å². The van der Waals surface area contributed by atoms with Crippen LogP contribution in [0.3, 0.4) is 0 Å². The van der Waals surface area contributed by atoms with Crippen molar-refractivity contribution in [2.24, 2.45) is 5.92 Å². The van der Waals surface area contributed by atoms with Gasteiger partial charge >= 0.3 is 0 Å². The van der Waals surface area contributed by atoms with Crippen molar-refractivity contribution in [2.75, 3.05) is 30.4 Å². The smallest absolute Gasteiger partial charge is 0.229 e. The number of benzene rings is 1. The molecule has 1 atom stereocenters. The number of carbonyl (C=O) groups is 1. The lowest BCUT2D eigenvalue weighted by atomic mass is 9.97. The molecule has 3 aromatic rings. The second-order valence-electron chi connectivity index (χ2n) is 7.03. The molecule has 7 nitrogen and oxygen atoms in total. The van der Waals surface area contributed by atoms with E-state index >= 15 is 0 Å². The van der Waals surface area contributed by atoms with Gasteiger partial charge in [-0.25, -0.2) is 0 Å². The number of carbonyl (C=O) groups excluding carboxylic acids is 1. The maximum atomic E-state index is 12.9. The van der Waals surface area contributed by atoms with Crippen LogP contribution >= 0.6 is 22.9 Å². The summed E-state index contributed by atoms with van der Waals surface area (Å²) < 4.78 is 7.30. The lowest BCUT2D eigenvalue weighted by Crippen LogP contribution is -2.40. The molecule has 29 heavy (non-hydrogen) atoms. The van der Waals surface area contributed by atoms with Gasteiger partial charge < -0.3 is 15.0 Å². The Morgan fingerprint density at radius 3 is 2.79 bits per heavy atom. The third kappa shape index (κ3) is 4.23. The van der Waals surface area contributed by atoms with Gasteiger partial charge in [0, 0.05) is 36.6 Å². The van der Waals surface area contributed by atoms with E-state index in [9.17, 15) is 4.79 Å². The molecule has 1 fully saturated rings. The van der Waals surface area contributed by atoms with E-state index in [-0.39, 0.29) is 11.8 Å². The molecule has 1 aliphatic rings. The second kappa shape index (κ2) is 8.42. The number of ether oxygens (including phenoxy) is 1. The third-order valence-corrected chi connectivity index (χ3v) is 6.43. The minimum absolute atomic E-state index is 0.0233. The standard InChI is InChI=1S/C20H22ClN5O2S/c1-13-10-16(17(28-2)11-15(13)21)22-18(27)14-6-5-9-26(12-14)20-24-23-19(29-20)25-7-3-4-8-25/h3-4,7-8,10-11,14H,5-6,9,12H2,1-2H3,(H,22,27)/t14-/m1/s1. The fourth-order valence-corrected chi connectivity index (χ4v) is 4.43. The average molecular weight is 432 g/mol. The van der Waals surface area contributed by atoms with Gasteiger partial charge in [-0.05, 0) is 43.5 Å². The Labute approximate surface area is 178 Å². The van der Waals surface area contributed by atoms with Gasteiger partial charge in [0.05, 0.1) is 18.7 Å². The highest BCUT2D eigenvalue weighted by Crippen LogP contribution is 2.32.